The number of piperidine rings is 1. The van der Waals surface area contributed by atoms with Gasteiger partial charge in [0.25, 0.3) is 5.91 Å². The Morgan fingerprint density at radius 2 is 1.79 bits per heavy atom. The van der Waals surface area contributed by atoms with Gasteiger partial charge in [-0.25, -0.2) is 13.2 Å². The summed E-state index contributed by atoms with van der Waals surface area (Å²) in [6.07, 6.45) is 6.33. The fraction of sp³-hybridized carbons (Fsp3) is 0.522. The molecule has 1 aromatic carbocycles. The number of nitrogens with zero attached hydrogens (tertiary/aromatic N) is 2. The lowest BCUT2D eigenvalue weighted by Gasteiger charge is -2.42. The molecule has 2 aromatic rings. The number of halogens is 3. The number of carbonyl (C=O) groups is 2. The molecule has 178 valence electrons. The number of carbonyl (C=O) groups excluding carboxylic acids is 2. The number of hydrogen-bond donors (Lipinski definition) is 1. The van der Waals surface area contributed by atoms with Gasteiger partial charge in [0.2, 0.25) is 0 Å². The van der Waals surface area contributed by atoms with Crippen molar-refractivity contribution in [3.05, 3.63) is 41.3 Å². The van der Waals surface area contributed by atoms with Crippen LogP contribution in [0.5, 0.6) is 0 Å². The molecule has 1 saturated heterocycles. The molecule has 1 aromatic heterocycles. The molecule has 33 heavy (non-hydrogen) atoms. The van der Waals surface area contributed by atoms with Crippen molar-refractivity contribution >= 4 is 11.9 Å². The third kappa shape index (κ3) is 5.05. The molecule has 2 unspecified atom stereocenters. The van der Waals surface area contributed by atoms with Crippen molar-refractivity contribution in [2.75, 3.05) is 20.2 Å². The number of benzene rings is 1. The Bertz CT molecular complexity index is 999. The van der Waals surface area contributed by atoms with Crippen molar-refractivity contribution in [1.29, 1.82) is 0 Å². The molecule has 7 nitrogen and oxygen atoms in total. The van der Waals surface area contributed by atoms with Crippen LogP contribution in [0, 0.1) is 23.4 Å². The lowest BCUT2D eigenvalue weighted by Crippen LogP contribution is -2.56. The van der Waals surface area contributed by atoms with Gasteiger partial charge in [-0.2, -0.15) is 0 Å². The number of methoxy groups -OCH3 is 1. The molecule has 0 radical (unpaired) electrons. The zero-order valence-corrected chi connectivity index (χ0v) is 18.3. The Morgan fingerprint density at radius 3 is 2.45 bits per heavy atom. The number of esters is 1. The minimum atomic E-state index is -1.17. The van der Waals surface area contributed by atoms with Gasteiger partial charge in [-0.3, -0.25) is 14.5 Å². The molecule has 1 N–H and O–H groups in total. The standard InChI is InChI=1S/C23H26F3N3O4/c1-32-23(31)15-12-29(14-5-3-2-4-6-14)8-7-18(15)27-22(30)19-11-20(33-28-19)21-16(25)9-13(24)10-17(21)26/h9-11,14-15,18H,2-8,12H2,1H3,(H,27,30). The molecule has 10 heteroatoms. The van der Waals surface area contributed by atoms with E-state index in [2.05, 4.69) is 15.4 Å². The maximum absolute atomic E-state index is 14.0. The molecule has 2 aliphatic rings. The van der Waals surface area contributed by atoms with Crippen LogP contribution in [0.4, 0.5) is 13.2 Å². The third-order valence-electron chi connectivity index (χ3n) is 6.55. The van der Waals surface area contributed by atoms with E-state index in [1.165, 1.54) is 26.4 Å². The van der Waals surface area contributed by atoms with Gasteiger partial charge >= 0.3 is 5.97 Å². The first-order valence-corrected chi connectivity index (χ1v) is 11.1. The van der Waals surface area contributed by atoms with E-state index in [9.17, 15) is 22.8 Å². The van der Waals surface area contributed by atoms with E-state index in [1.807, 2.05) is 0 Å². The lowest BCUT2D eigenvalue weighted by atomic mass is 9.87. The van der Waals surface area contributed by atoms with E-state index in [4.69, 9.17) is 9.26 Å². The number of ether oxygens (including phenoxy) is 1. The number of likely N-dealkylation sites (tertiary alicyclic amines) is 1. The highest BCUT2D eigenvalue weighted by molar-refractivity contribution is 5.93. The van der Waals surface area contributed by atoms with Crippen molar-refractivity contribution in [2.24, 2.45) is 5.92 Å². The molecule has 1 amide bonds. The minimum Gasteiger partial charge on any atom is -0.469 e. The van der Waals surface area contributed by atoms with E-state index in [-0.39, 0.29) is 11.5 Å². The fourth-order valence-corrected chi connectivity index (χ4v) is 4.84. The van der Waals surface area contributed by atoms with Gasteiger partial charge in [0.15, 0.2) is 11.5 Å². The van der Waals surface area contributed by atoms with Crippen molar-refractivity contribution in [2.45, 2.75) is 50.6 Å². The Balaban J connectivity index is 1.47. The monoisotopic (exact) mass is 465 g/mol. The highest BCUT2D eigenvalue weighted by atomic mass is 19.1. The molecule has 2 atom stereocenters. The van der Waals surface area contributed by atoms with Crippen LogP contribution in [-0.4, -0.2) is 54.2 Å². The van der Waals surface area contributed by atoms with Gasteiger partial charge < -0.3 is 14.6 Å². The summed E-state index contributed by atoms with van der Waals surface area (Å²) < 4.78 is 51.1. The summed E-state index contributed by atoms with van der Waals surface area (Å²) in [6, 6.07) is 2.06. The predicted molar refractivity (Wildman–Crippen MR) is 112 cm³/mol. The summed E-state index contributed by atoms with van der Waals surface area (Å²) in [4.78, 5) is 27.5. The average Bonchev–Trinajstić information content (AvgIpc) is 3.28. The summed E-state index contributed by atoms with van der Waals surface area (Å²) in [5, 5.41) is 6.39. The van der Waals surface area contributed by atoms with E-state index >= 15 is 0 Å². The van der Waals surface area contributed by atoms with Crippen LogP contribution in [-0.2, 0) is 9.53 Å². The van der Waals surface area contributed by atoms with E-state index in [0.717, 1.165) is 25.5 Å². The van der Waals surface area contributed by atoms with E-state index in [1.54, 1.807) is 0 Å². The summed E-state index contributed by atoms with van der Waals surface area (Å²) in [5.74, 6) is -5.35. The first-order valence-electron chi connectivity index (χ1n) is 11.1. The maximum atomic E-state index is 14.0. The largest absolute Gasteiger partial charge is 0.469 e. The lowest BCUT2D eigenvalue weighted by molar-refractivity contribution is -0.148. The van der Waals surface area contributed by atoms with Crippen LogP contribution in [0.15, 0.2) is 22.7 Å². The summed E-state index contributed by atoms with van der Waals surface area (Å²) >= 11 is 0. The van der Waals surface area contributed by atoms with Crippen LogP contribution < -0.4 is 5.32 Å². The van der Waals surface area contributed by atoms with Crippen LogP contribution >= 0.6 is 0 Å². The van der Waals surface area contributed by atoms with Crippen molar-refractivity contribution < 1.29 is 32.0 Å². The second kappa shape index (κ2) is 9.94. The summed E-state index contributed by atoms with van der Waals surface area (Å²) in [6.45, 7) is 1.22. The van der Waals surface area contributed by atoms with E-state index in [0.29, 0.717) is 31.1 Å². The van der Waals surface area contributed by atoms with Crippen molar-refractivity contribution in [1.82, 2.24) is 15.4 Å². The van der Waals surface area contributed by atoms with Gasteiger partial charge in [-0.05, 0) is 19.3 Å². The molecular weight excluding hydrogens is 439 g/mol. The molecule has 0 spiro atoms. The number of hydrogen-bond acceptors (Lipinski definition) is 6. The van der Waals surface area contributed by atoms with E-state index < -0.39 is 46.9 Å². The zero-order chi connectivity index (χ0) is 23.5. The molecule has 1 aliphatic heterocycles. The smallest absolute Gasteiger partial charge is 0.312 e. The molecule has 4 rings (SSSR count). The molecule has 2 fully saturated rings. The zero-order valence-electron chi connectivity index (χ0n) is 18.3. The second-order valence-corrected chi connectivity index (χ2v) is 8.61. The van der Waals surface area contributed by atoms with Crippen molar-refractivity contribution in [3.63, 3.8) is 0 Å². The normalized spacial score (nSPS) is 22.2. The molecular formula is C23H26F3N3O4. The Kier molecular flexibility index (Phi) is 7.02. The molecule has 1 saturated carbocycles. The molecule has 0 bridgehead atoms. The van der Waals surface area contributed by atoms with Gasteiger partial charge in [0, 0.05) is 43.4 Å². The first-order chi connectivity index (χ1) is 15.9. The SMILES string of the molecule is COC(=O)C1CN(C2CCCCC2)CCC1NC(=O)c1cc(-c2c(F)cc(F)cc2F)on1. The van der Waals surface area contributed by atoms with Crippen LogP contribution in [0.1, 0.15) is 49.0 Å². The number of amides is 1. The van der Waals surface area contributed by atoms with Crippen LogP contribution in [0.3, 0.4) is 0 Å². The number of nitrogens with one attached hydrogen (secondary N) is 1. The highest BCUT2D eigenvalue weighted by Gasteiger charge is 2.38. The summed E-state index contributed by atoms with van der Waals surface area (Å²) in [7, 11) is 1.32. The number of rotatable bonds is 5. The Hall–Kier alpha value is -2.88. The quantitative estimate of drug-likeness (QED) is 0.679. The predicted octanol–water partition coefficient (Wildman–Crippen LogP) is 3.68. The van der Waals surface area contributed by atoms with Gasteiger partial charge in [-0.15, -0.1) is 0 Å². The van der Waals surface area contributed by atoms with Crippen molar-refractivity contribution in [3.8, 4) is 11.3 Å². The van der Waals surface area contributed by atoms with Gasteiger partial charge in [0.1, 0.15) is 17.5 Å². The average molecular weight is 465 g/mol. The van der Waals surface area contributed by atoms with Gasteiger partial charge in [0.05, 0.1) is 18.6 Å². The molecule has 2 heterocycles. The minimum absolute atomic E-state index is 0.202. The Morgan fingerprint density at radius 1 is 1.09 bits per heavy atom. The highest BCUT2D eigenvalue weighted by Crippen LogP contribution is 2.29. The third-order valence-corrected chi connectivity index (χ3v) is 6.55. The summed E-state index contributed by atoms with van der Waals surface area (Å²) in [5.41, 5.74) is -0.817. The second-order valence-electron chi connectivity index (χ2n) is 8.61. The van der Waals surface area contributed by atoms with Gasteiger partial charge in [-0.1, -0.05) is 24.4 Å². The maximum Gasteiger partial charge on any atom is 0.312 e. The van der Waals surface area contributed by atoms with Crippen LogP contribution in [0.25, 0.3) is 11.3 Å². The van der Waals surface area contributed by atoms with Crippen LogP contribution in [0.2, 0.25) is 0 Å². The molecule has 1 aliphatic carbocycles. The Labute approximate surface area is 189 Å². The first kappa shape index (κ1) is 23.3. The topological polar surface area (TPSA) is 84.7 Å². The fourth-order valence-electron chi connectivity index (χ4n) is 4.84. The number of aromatic nitrogens is 1.